The highest BCUT2D eigenvalue weighted by Gasteiger charge is 2.11. The van der Waals surface area contributed by atoms with E-state index in [-0.39, 0.29) is 12.4 Å². The van der Waals surface area contributed by atoms with Crippen LogP contribution in [0.4, 0.5) is 0 Å². The summed E-state index contributed by atoms with van der Waals surface area (Å²) in [6.07, 6.45) is 1.82. The zero-order valence-electron chi connectivity index (χ0n) is 11.2. The number of benzene rings is 1. The van der Waals surface area contributed by atoms with Crippen LogP contribution in [0, 0.1) is 6.92 Å². The molecule has 0 saturated carbocycles. The number of rotatable bonds is 4. The van der Waals surface area contributed by atoms with Gasteiger partial charge in [-0.1, -0.05) is 11.6 Å². The number of hydrogen-bond donors (Lipinski definition) is 1. The van der Waals surface area contributed by atoms with Crippen molar-refractivity contribution < 1.29 is 14.3 Å². The molecule has 0 atom stereocenters. The van der Waals surface area contributed by atoms with Crippen LogP contribution in [0.2, 0.25) is 0 Å². The van der Waals surface area contributed by atoms with Gasteiger partial charge in [-0.2, -0.15) is 0 Å². The number of aryl methyl sites for hydroxylation is 1. The molecule has 0 radical (unpaired) electrons. The summed E-state index contributed by atoms with van der Waals surface area (Å²) in [5, 5.41) is 0. The first-order valence-electron chi connectivity index (χ1n) is 5.89. The number of hydrogen-bond acceptors (Lipinski definition) is 4. The molecule has 0 aliphatic carbocycles. The van der Waals surface area contributed by atoms with E-state index >= 15 is 0 Å². The number of esters is 1. The van der Waals surface area contributed by atoms with E-state index in [4.69, 9.17) is 4.74 Å². The van der Waals surface area contributed by atoms with E-state index in [9.17, 15) is 4.79 Å². The quantitative estimate of drug-likeness (QED) is 0.855. The number of ether oxygens (including phenoxy) is 2. The molecule has 19 heavy (non-hydrogen) atoms. The second-order valence-corrected chi connectivity index (χ2v) is 4.20. The molecule has 5 heteroatoms. The van der Waals surface area contributed by atoms with Gasteiger partial charge in [0.15, 0.2) is 0 Å². The van der Waals surface area contributed by atoms with Crippen molar-refractivity contribution in [3.05, 3.63) is 35.8 Å². The maximum atomic E-state index is 11.2. The highest BCUT2D eigenvalue weighted by atomic mass is 16.5. The molecule has 0 aliphatic rings. The highest BCUT2D eigenvalue weighted by molar-refractivity contribution is 5.72. The van der Waals surface area contributed by atoms with Gasteiger partial charge in [-0.25, -0.2) is 4.98 Å². The Morgan fingerprint density at radius 2 is 2.16 bits per heavy atom. The van der Waals surface area contributed by atoms with E-state index in [0.717, 1.165) is 22.6 Å². The molecule has 2 aromatic rings. The number of H-pyrrole nitrogens is 1. The molecule has 0 saturated heterocycles. The lowest BCUT2D eigenvalue weighted by Gasteiger charge is -2.07. The molecule has 0 amide bonds. The van der Waals surface area contributed by atoms with Crippen molar-refractivity contribution in [3.63, 3.8) is 0 Å². The molecule has 0 fully saturated rings. The summed E-state index contributed by atoms with van der Waals surface area (Å²) in [5.74, 6) is 1.02. The van der Waals surface area contributed by atoms with Crippen LogP contribution >= 0.6 is 0 Å². The normalized spacial score (nSPS) is 10.3. The van der Waals surface area contributed by atoms with Crippen LogP contribution < -0.4 is 4.74 Å². The zero-order valence-corrected chi connectivity index (χ0v) is 11.2. The smallest absolute Gasteiger partial charge is 0.313 e. The number of carbonyl (C=O) groups is 1. The van der Waals surface area contributed by atoms with Gasteiger partial charge in [0, 0.05) is 5.56 Å². The number of nitrogens with zero attached hydrogens (tertiary/aromatic N) is 1. The third kappa shape index (κ3) is 2.93. The maximum Gasteiger partial charge on any atom is 0.313 e. The van der Waals surface area contributed by atoms with Crippen LogP contribution in [0.3, 0.4) is 0 Å². The molecule has 1 N–H and O–H groups in total. The number of nitrogens with one attached hydrogen (secondary N) is 1. The Kier molecular flexibility index (Phi) is 3.85. The summed E-state index contributed by atoms with van der Waals surface area (Å²) < 4.78 is 9.94. The van der Waals surface area contributed by atoms with Gasteiger partial charge in [0.05, 0.1) is 26.1 Å². The summed E-state index contributed by atoms with van der Waals surface area (Å²) in [6, 6.07) is 5.90. The summed E-state index contributed by atoms with van der Waals surface area (Å²) in [5.41, 5.74) is 2.87. The second-order valence-electron chi connectivity index (χ2n) is 4.20. The maximum absolute atomic E-state index is 11.2. The number of methoxy groups -OCH3 is 2. The summed E-state index contributed by atoms with van der Waals surface area (Å²) in [6.45, 7) is 2.01. The van der Waals surface area contributed by atoms with Crippen LogP contribution in [-0.4, -0.2) is 30.2 Å². The van der Waals surface area contributed by atoms with Gasteiger partial charge < -0.3 is 14.5 Å². The van der Waals surface area contributed by atoms with Crippen molar-refractivity contribution >= 4 is 5.97 Å². The molecule has 1 aromatic carbocycles. The fourth-order valence-electron chi connectivity index (χ4n) is 1.83. The second kappa shape index (κ2) is 5.56. The molecule has 0 unspecified atom stereocenters. The van der Waals surface area contributed by atoms with E-state index in [1.807, 2.05) is 25.1 Å². The SMILES string of the molecule is COC(=O)Cc1ncc(-c2cc(C)ccc2OC)[nH]1. The van der Waals surface area contributed by atoms with Crippen molar-refractivity contribution in [3.8, 4) is 17.0 Å². The lowest BCUT2D eigenvalue weighted by Crippen LogP contribution is -2.05. The Bertz CT molecular complexity index is 590. The largest absolute Gasteiger partial charge is 0.496 e. The van der Waals surface area contributed by atoms with Gasteiger partial charge in [0.25, 0.3) is 0 Å². The van der Waals surface area contributed by atoms with E-state index in [1.54, 1.807) is 13.3 Å². The first-order chi connectivity index (χ1) is 9.13. The average molecular weight is 260 g/mol. The fourth-order valence-corrected chi connectivity index (χ4v) is 1.83. The Balaban J connectivity index is 2.32. The molecule has 1 heterocycles. The minimum atomic E-state index is -0.322. The predicted octanol–water partition coefficient (Wildman–Crippen LogP) is 2.11. The Morgan fingerprint density at radius 1 is 1.37 bits per heavy atom. The number of aromatic amines is 1. The van der Waals surface area contributed by atoms with Gasteiger partial charge in [-0.05, 0) is 19.1 Å². The molecule has 1 aromatic heterocycles. The molecular weight excluding hydrogens is 244 g/mol. The molecule has 0 aliphatic heterocycles. The van der Waals surface area contributed by atoms with E-state index < -0.39 is 0 Å². The minimum absolute atomic E-state index is 0.130. The predicted molar refractivity (Wildman–Crippen MR) is 71.0 cm³/mol. The molecule has 0 bridgehead atoms. The molecule has 100 valence electrons. The third-order valence-corrected chi connectivity index (χ3v) is 2.81. The lowest BCUT2D eigenvalue weighted by molar-refractivity contribution is -0.139. The minimum Gasteiger partial charge on any atom is -0.496 e. The van der Waals surface area contributed by atoms with E-state index in [0.29, 0.717) is 5.82 Å². The van der Waals surface area contributed by atoms with Crippen molar-refractivity contribution in [2.45, 2.75) is 13.3 Å². The van der Waals surface area contributed by atoms with Gasteiger partial charge >= 0.3 is 5.97 Å². The summed E-state index contributed by atoms with van der Waals surface area (Å²) in [4.78, 5) is 18.5. The molecule has 2 rings (SSSR count). The Morgan fingerprint density at radius 3 is 2.84 bits per heavy atom. The van der Waals surface area contributed by atoms with Crippen LogP contribution in [0.25, 0.3) is 11.3 Å². The molecule has 5 nitrogen and oxygen atoms in total. The number of aromatic nitrogens is 2. The molecular formula is C14H16N2O3. The zero-order chi connectivity index (χ0) is 13.8. The summed E-state index contributed by atoms with van der Waals surface area (Å²) >= 11 is 0. The van der Waals surface area contributed by atoms with Crippen LogP contribution in [0.15, 0.2) is 24.4 Å². The number of carbonyl (C=O) groups excluding carboxylic acids is 1. The van der Waals surface area contributed by atoms with Crippen LogP contribution in [0.5, 0.6) is 5.75 Å². The van der Waals surface area contributed by atoms with Crippen molar-refractivity contribution in [1.29, 1.82) is 0 Å². The first kappa shape index (κ1) is 13.1. The van der Waals surface area contributed by atoms with Crippen LogP contribution in [0.1, 0.15) is 11.4 Å². The third-order valence-electron chi connectivity index (χ3n) is 2.81. The average Bonchev–Trinajstić information content (AvgIpc) is 2.86. The van der Waals surface area contributed by atoms with Gasteiger partial charge in [0.2, 0.25) is 0 Å². The molecule has 0 spiro atoms. The topological polar surface area (TPSA) is 64.2 Å². The van der Waals surface area contributed by atoms with Crippen molar-refractivity contribution in [1.82, 2.24) is 9.97 Å². The van der Waals surface area contributed by atoms with Crippen molar-refractivity contribution in [2.24, 2.45) is 0 Å². The van der Waals surface area contributed by atoms with Gasteiger partial charge in [0.1, 0.15) is 18.0 Å². The number of imidazole rings is 1. The fraction of sp³-hybridized carbons (Fsp3) is 0.286. The van der Waals surface area contributed by atoms with Gasteiger partial charge in [-0.3, -0.25) is 4.79 Å². The van der Waals surface area contributed by atoms with E-state index in [1.165, 1.54) is 7.11 Å². The Hall–Kier alpha value is -2.30. The standard InChI is InChI=1S/C14H16N2O3/c1-9-4-5-12(18-2)10(6-9)11-8-15-13(16-11)7-14(17)19-3/h4-6,8H,7H2,1-3H3,(H,15,16). The van der Waals surface area contributed by atoms with E-state index in [2.05, 4.69) is 14.7 Å². The monoisotopic (exact) mass is 260 g/mol. The van der Waals surface area contributed by atoms with Gasteiger partial charge in [-0.15, -0.1) is 0 Å². The van der Waals surface area contributed by atoms with Crippen molar-refractivity contribution in [2.75, 3.05) is 14.2 Å². The van der Waals surface area contributed by atoms with Crippen LogP contribution in [-0.2, 0) is 16.0 Å². The Labute approximate surface area is 111 Å². The lowest BCUT2D eigenvalue weighted by atomic mass is 10.1. The summed E-state index contributed by atoms with van der Waals surface area (Å²) in [7, 11) is 2.98. The highest BCUT2D eigenvalue weighted by Crippen LogP contribution is 2.29. The first-order valence-corrected chi connectivity index (χ1v) is 5.89.